The van der Waals surface area contributed by atoms with Crippen LogP contribution in [0.5, 0.6) is 0 Å². The van der Waals surface area contributed by atoms with Crippen molar-refractivity contribution in [2.24, 2.45) is 0 Å². The molecule has 3 rings (SSSR count). The van der Waals surface area contributed by atoms with Crippen molar-refractivity contribution in [3.05, 3.63) is 47.4 Å². The average Bonchev–Trinajstić information content (AvgIpc) is 3.02. The van der Waals surface area contributed by atoms with Crippen molar-refractivity contribution in [2.75, 3.05) is 36.5 Å². The van der Waals surface area contributed by atoms with Gasteiger partial charge in [0.15, 0.2) is 0 Å². The molecule has 1 amide bonds. The summed E-state index contributed by atoms with van der Waals surface area (Å²) in [5, 5.41) is 3.50. The number of nitrogens with one attached hydrogen (secondary N) is 1. The second kappa shape index (κ2) is 6.20. The molecule has 1 aliphatic heterocycles. The molecular weight excluding hydrogens is 292 g/mol. The maximum atomic E-state index is 12.2. The smallest absolute Gasteiger partial charge is 0.258 e. The molecule has 0 saturated carbocycles. The number of carbonyl (C=O) groups is 1. The van der Waals surface area contributed by atoms with Crippen molar-refractivity contribution in [1.29, 1.82) is 0 Å². The van der Waals surface area contributed by atoms with Gasteiger partial charge in [-0.2, -0.15) is 0 Å². The van der Waals surface area contributed by atoms with Gasteiger partial charge in [-0.15, -0.1) is 0 Å². The Hall–Kier alpha value is -1.98. The lowest BCUT2D eigenvalue weighted by atomic mass is 10.2. The number of anilines is 2. The Morgan fingerprint density at radius 2 is 2.05 bits per heavy atom. The number of nitrogens with zero attached hydrogens (tertiary/aromatic N) is 1. The highest BCUT2D eigenvalue weighted by Crippen LogP contribution is 2.34. The number of benzene rings is 1. The average molecular weight is 307 g/mol. The lowest BCUT2D eigenvalue weighted by molar-refractivity contribution is 0.102. The quantitative estimate of drug-likeness (QED) is 0.947. The first-order valence-corrected chi connectivity index (χ1v) is 7.08. The molecule has 1 aromatic carbocycles. The number of halogens is 1. The van der Waals surface area contributed by atoms with Crippen LogP contribution in [-0.2, 0) is 4.74 Å². The fourth-order valence-electron chi connectivity index (χ4n) is 2.31. The van der Waals surface area contributed by atoms with E-state index < -0.39 is 0 Å². The Bertz CT molecular complexity index is 622. The molecule has 1 saturated heterocycles. The molecule has 6 heteroatoms. The van der Waals surface area contributed by atoms with E-state index in [1.54, 1.807) is 6.07 Å². The van der Waals surface area contributed by atoms with Crippen LogP contribution < -0.4 is 10.2 Å². The first-order valence-electron chi connectivity index (χ1n) is 6.70. The maximum Gasteiger partial charge on any atom is 0.258 e. The number of hydrogen-bond acceptors (Lipinski definition) is 4. The summed E-state index contributed by atoms with van der Waals surface area (Å²) < 4.78 is 10.3. The molecule has 110 valence electrons. The number of carbonyl (C=O) groups excluding carboxylic acids is 1. The molecule has 0 unspecified atom stereocenters. The van der Waals surface area contributed by atoms with E-state index in [9.17, 15) is 4.79 Å². The lowest BCUT2D eigenvalue weighted by Gasteiger charge is -2.31. The van der Waals surface area contributed by atoms with E-state index in [2.05, 4.69) is 10.2 Å². The summed E-state index contributed by atoms with van der Waals surface area (Å²) in [6.07, 6.45) is 2.88. The largest absolute Gasteiger partial charge is 0.472 e. The van der Waals surface area contributed by atoms with E-state index in [0.717, 1.165) is 18.8 Å². The van der Waals surface area contributed by atoms with Crippen LogP contribution in [0.1, 0.15) is 10.4 Å². The molecule has 1 fully saturated rings. The first kappa shape index (κ1) is 14.0. The Balaban J connectivity index is 1.87. The molecule has 21 heavy (non-hydrogen) atoms. The molecule has 0 radical (unpaired) electrons. The maximum absolute atomic E-state index is 12.2. The van der Waals surface area contributed by atoms with Crippen LogP contribution in [0.3, 0.4) is 0 Å². The minimum atomic E-state index is -0.222. The predicted octanol–water partition coefficient (Wildman–Crippen LogP) is 3.02. The number of furan rings is 1. The lowest BCUT2D eigenvalue weighted by Crippen LogP contribution is -2.37. The number of morpholine rings is 1. The first-order chi connectivity index (χ1) is 10.3. The second-order valence-corrected chi connectivity index (χ2v) is 5.11. The summed E-state index contributed by atoms with van der Waals surface area (Å²) in [4.78, 5) is 14.3. The molecule has 1 aliphatic rings. The van der Waals surface area contributed by atoms with Gasteiger partial charge in [-0.25, -0.2) is 0 Å². The molecular formula is C15H15ClN2O3. The molecule has 1 aromatic heterocycles. The standard InChI is InChI=1S/C15H15ClN2O3/c16-12-2-1-3-13(14(12)18-5-8-20-9-6-18)17-15(19)11-4-7-21-10-11/h1-4,7,10H,5-6,8-9H2,(H,17,19). The Labute approximate surface area is 127 Å². The highest BCUT2D eigenvalue weighted by atomic mass is 35.5. The summed E-state index contributed by atoms with van der Waals surface area (Å²) in [7, 11) is 0. The molecule has 5 nitrogen and oxygen atoms in total. The third-order valence-corrected chi connectivity index (χ3v) is 3.65. The Morgan fingerprint density at radius 3 is 2.76 bits per heavy atom. The number of amides is 1. The van der Waals surface area contributed by atoms with Crippen LogP contribution in [0.4, 0.5) is 11.4 Å². The third kappa shape index (κ3) is 3.04. The van der Waals surface area contributed by atoms with E-state index >= 15 is 0 Å². The van der Waals surface area contributed by atoms with Gasteiger partial charge in [0.05, 0.1) is 41.4 Å². The molecule has 2 heterocycles. The fraction of sp³-hybridized carbons (Fsp3) is 0.267. The van der Waals surface area contributed by atoms with Crippen LogP contribution >= 0.6 is 11.6 Å². The highest BCUT2D eigenvalue weighted by Gasteiger charge is 2.19. The topological polar surface area (TPSA) is 54.7 Å². The number of hydrogen-bond donors (Lipinski definition) is 1. The number of ether oxygens (including phenoxy) is 1. The number of para-hydroxylation sites is 1. The van der Waals surface area contributed by atoms with Crippen molar-refractivity contribution in [3.8, 4) is 0 Å². The van der Waals surface area contributed by atoms with Crippen LogP contribution in [-0.4, -0.2) is 32.2 Å². The van der Waals surface area contributed by atoms with Crippen molar-refractivity contribution >= 4 is 28.9 Å². The molecule has 0 bridgehead atoms. The Morgan fingerprint density at radius 1 is 1.24 bits per heavy atom. The van der Waals surface area contributed by atoms with Crippen molar-refractivity contribution in [1.82, 2.24) is 0 Å². The van der Waals surface area contributed by atoms with Gasteiger partial charge in [-0.05, 0) is 18.2 Å². The molecule has 2 aromatic rings. The van der Waals surface area contributed by atoms with Crippen LogP contribution in [0.15, 0.2) is 41.2 Å². The number of rotatable bonds is 3. The van der Waals surface area contributed by atoms with Crippen LogP contribution in [0.25, 0.3) is 0 Å². The molecule has 0 aliphatic carbocycles. The van der Waals surface area contributed by atoms with Gasteiger partial charge in [0.2, 0.25) is 0 Å². The van der Waals surface area contributed by atoms with E-state index in [1.807, 2.05) is 18.2 Å². The zero-order valence-corrected chi connectivity index (χ0v) is 12.1. The minimum Gasteiger partial charge on any atom is -0.472 e. The summed E-state index contributed by atoms with van der Waals surface area (Å²) in [6, 6.07) is 7.10. The zero-order chi connectivity index (χ0) is 14.7. The summed E-state index contributed by atoms with van der Waals surface area (Å²) in [5.41, 5.74) is 2.00. The summed E-state index contributed by atoms with van der Waals surface area (Å²) >= 11 is 6.32. The Kier molecular flexibility index (Phi) is 4.13. The van der Waals surface area contributed by atoms with Crippen molar-refractivity contribution in [2.45, 2.75) is 0 Å². The summed E-state index contributed by atoms with van der Waals surface area (Å²) in [6.45, 7) is 2.80. The van der Waals surface area contributed by atoms with Gasteiger partial charge in [0, 0.05) is 13.1 Å². The van der Waals surface area contributed by atoms with E-state index in [1.165, 1.54) is 12.5 Å². The van der Waals surface area contributed by atoms with E-state index in [-0.39, 0.29) is 5.91 Å². The second-order valence-electron chi connectivity index (χ2n) is 4.70. The fourth-order valence-corrected chi connectivity index (χ4v) is 2.61. The van der Waals surface area contributed by atoms with Gasteiger partial charge in [-0.1, -0.05) is 17.7 Å². The highest BCUT2D eigenvalue weighted by molar-refractivity contribution is 6.34. The van der Waals surface area contributed by atoms with Crippen molar-refractivity contribution < 1.29 is 13.9 Å². The SMILES string of the molecule is O=C(Nc1cccc(Cl)c1N1CCOCC1)c1ccoc1. The molecule has 0 atom stereocenters. The molecule has 1 N–H and O–H groups in total. The van der Waals surface area contributed by atoms with E-state index in [4.69, 9.17) is 20.8 Å². The predicted molar refractivity (Wildman–Crippen MR) is 81.1 cm³/mol. The van der Waals surface area contributed by atoms with Crippen LogP contribution in [0.2, 0.25) is 5.02 Å². The monoisotopic (exact) mass is 306 g/mol. The third-order valence-electron chi connectivity index (χ3n) is 3.35. The van der Waals surface area contributed by atoms with Gasteiger partial charge in [0.25, 0.3) is 5.91 Å². The van der Waals surface area contributed by atoms with Gasteiger partial charge in [-0.3, -0.25) is 4.79 Å². The minimum absolute atomic E-state index is 0.222. The van der Waals surface area contributed by atoms with Crippen LogP contribution in [0, 0.1) is 0 Å². The van der Waals surface area contributed by atoms with Crippen molar-refractivity contribution in [3.63, 3.8) is 0 Å². The molecule has 0 spiro atoms. The van der Waals surface area contributed by atoms with Gasteiger partial charge in [0.1, 0.15) is 6.26 Å². The normalized spacial score (nSPS) is 15.0. The van der Waals surface area contributed by atoms with Gasteiger partial charge < -0.3 is 19.4 Å². The summed E-state index contributed by atoms with van der Waals surface area (Å²) in [5.74, 6) is -0.222. The zero-order valence-electron chi connectivity index (χ0n) is 11.3. The van der Waals surface area contributed by atoms with E-state index in [0.29, 0.717) is 29.5 Å². The van der Waals surface area contributed by atoms with Gasteiger partial charge >= 0.3 is 0 Å².